The third-order valence-corrected chi connectivity index (χ3v) is 5.00. The summed E-state index contributed by atoms with van der Waals surface area (Å²) in [5.41, 5.74) is 5.50. The van der Waals surface area contributed by atoms with Gasteiger partial charge in [0.05, 0.1) is 0 Å². The highest BCUT2D eigenvalue weighted by atomic mass is 28.4. The van der Waals surface area contributed by atoms with E-state index in [1.54, 1.807) is 21.3 Å². The fourth-order valence-electron chi connectivity index (χ4n) is 1.01. The van der Waals surface area contributed by atoms with Crippen molar-refractivity contribution in [3.05, 3.63) is 0 Å². The maximum absolute atomic E-state index is 5.50. The molecule has 5 heteroatoms. The fourth-order valence-corrected chi connectivity index (χ4v) is 3.03. The van der Waals surface area contributed by atoms with Gasteiger partial charge in [-0.25, -0.2) is 0 Å². The predicted octanol–water partition coefficient (Wildman–Crippen LogP) is 0.459. The molecule has 4 nitrogen and oxygen atoms in total. The normalized spacial score (nSPS) is 14.8. The van der Waals surface area contributed by atoms with Crippen molar-refractivity contribution >= 4 is 8.80 Å². The summed E-state index contributed by atoms with van der Waals surface area (Å²) in [6.45, 7) is 2.68. The van der Waals surface area contributed by atoms with Gasteiger partial charge in [0.15, 0.2) is 0 Å². The van der Waals surface area contributed by atoms with E-state index >= 15 is 0 Å². The van der Waals surface area contributed by atoms with Crippen LogP contribution >= 0.6 is 0 Å². The second kappa shape index (κ2) is 5.66. The minimum Gasteiger partial charge on any atom is -0.377 e. The van der Waals surface area contributed by atoms with Crippen LogP contribution in [0.25, 0.3) is 0 Å². The van der Waals surface area contributed by atoms with Gasteiger partial charge in [0.25, 0.3) is 0 Å². The van der Waals surface area contributed by atoms with E-state index in [-0.39, 0.29) is 0 Å². The van der Waals surface area contributed by atoms with Crippen molar-refractivity contribution in [2.24, 2.45) is 11.7 Å². The second-order valence-corrected chi connectivity index (χ2v) is 5.84. The van der Waals surface area contributed by atoms with Gasteiger partial charge in [-0.3, -0.25) is 0 Å². The minimum absolute atomic E-state index is 0.372. The van der Waals surface area contributed by atoms with E-state index in [2.05, 4.69) is 6.92 Å². The lowest BCUT2D eigenvalue weighted by Crippen LogP contribution is -2.44. The topological polar surface area (TPSA) is 53.7 Å². The molecule has 0 saturated heterocycles. The van der Waals surface area contributed by atoms with Gasteiger partial charge < -0.3 is 19.0 Å². The molecule has 0 amide bonds. The molecule has 2 N–H and O–H groups in total. The maximum atomic E-state index is 5.50. The quantitative estimate of drug-likeness (QED) is 0.623. The van der Waals surface area contributed by atoms with Crippen LogP contribution in [-0.2, 0) is 13.3 Å². The van der Waals surface area contributed by atoms with Crippen LogP contribution < -0.4 is 5.73 Å². The third-order valence-electron chi connectivity index (χ3n) is 1.93. The smallest absolute Gasteiger partial charge is 0.377 e. The Balaban J connectivity index is 4.09. The molecular weight excluding hydrogens is 174 g/mol. The first-order chi connectivity index (χ1) is 5.64. The van der Waals surface area contributed by atoms with E-state index in [1.807, 2.05) is 0 Å². The van der Waals surface area contributed by atoms with Crippen molar-refractivity contribution in [1.82, 2.24) is 0 Å². The van der Waals surface area contributed by atoms with Crippen molar-refractivity contribution in [2.45, 2.75) is 13.0 Å². The van der Waals surface area contributed by atoms with Crippen LogP contribution in [0.1, 0.15) is 6.92 Å². The first-order valence-corrected chi connectivity index (χ1v) is 5.92. The standard InChI is InChI=1S/C7H19NO3Si/c1-7(5-8)6-12(9-2,10-3)11-4/h7H,5-6,8H2,1-4H3. The van der Waals surface area contributed by atoms with E-state index < -0.39 is 8.80 Å². The molecule has 1 unspecified atom stereocenters. The molecule has 0 heterocycles. The van der Waals surface area contributed by atoms with Gasteiger partial charge in [-0.05, 0) is 12.5 Å². The Bertz CT molecular complexity index is 111. The van der Waals surface area contributed by atoms with Crippen LogP contribution in [0.15, 0.2) is 0 Å². The lowest BCUT2D eigenvalue weighted by Gasteiger charge is -2.26. The fraction of sp³-hybridized carbons (Fsp3) is 1.00. The lowest BCUT2D eigenvalue weighted by molar-refractivity contribution is 0.119. The van der Waals surface area contributed by atoms with Crippen LogP contribution in [0, 0.1) is 5.92 Å². The molecule has 0 rings (SSSR count). The molecule has 0 aromatic heterocycles. The van der Waals surface area contributed by atoms with E-state index in [9.17, 15) is 0 Å². The summed E-state index contributed by atoms with van der Waals surface area (Å²) in [6, 6.07) is 0.771. The monoisotopic (exact) mass is 193 g/mol. The Morgan fingerprint density at radius 1 is 1.17 bits per heavy atom. The molecule has 0 bridgehead atoms. The zero-order valence-corrected chi connectivity index (χ0v) is 9.29. The van der Waals surface area contributed by atoms with Gasteiger partial charge in [0, 0.05) is 27.4 Å². The molecule has 12 heavy (non-hydrogen) atoms. The summed E-state index contributed by atoms with van der Waals surface area (Å²) < 4.78 is 15.7. The molecule has 0 fully saturated rings. The molecule has 0 aliphatic heterocycles. The van der Waals surface area contributed by atoms with E-state index in [0.717, 1.165) is 6.04 Å². The Morgan fingerprint density at radius 3 is 1.83 bits per heavy atom. The maximum Gasteiger partial charge on any atom is 0.500 e. The Kier molecular flexibility index (Phi) is 5.69. The number of hydrogen-bond donors (Lipinski definition) is 1. The average molecular weight is 193 g/mol. The lowest BCUT2D eigenvalue weighted by atomic mass is 10.2. The first kappa shape index (κ1) is 12.1. The molecule has 74 valence electrons. The summed E-state index contributed by atoms with van der Waals surface area (Å²) in [5, 5.41) is 0. The van der Waals surface area contributed by atoms with E-state index in [4.69, 9.17) is 19.0 Å². The molecule has 0 aliphatic carbocycles. The summed E-state index contributed by atoms with van der Waals surface area (Å²) >= 11 is 0. The van der Waals surface area contributed by atoms with Crippen molar-refractivity contribution < 1.29 is 13.3 Å². The van der Waals surface area contributed by atoms with Gasteiger partial charge in [0.2, 0.25) is 0 Å². The molecule has 0 aliphatic rings. The Labute approximate surface area is 75.4 Å². The predicted molar refractivity (Wildman–Crippen MR) is 49.8 cm³/mol. The van der Waals surface area contributed by atoms with Crippen LogP contribution in [0.2, 0.25) is 6.04 Å². The van der Waals surface area contributed by atoms with Crippen LogP contribution in [0.3, 0.4) is 0 Å². The molecule has 0 radical (unpaired) electrons. The zero-order chi connectivity index (χ0) is 9.61. The van der Waals surface area contributed by atoms with Crippen molar-refractivity contribution in [2.75, 3.05) is 27.9 Å². The van der Waals surface area contributed by atoms with Crippen LogP contribution in [0.4, 0.5) is 0 Å². The summed E-state index contributed by atoms with van der Waals surface area (Å²) in [5.74, 6) is 0.372. The molecule has 0 saturated carbocycles. The zero-order valence-electron chi connectivity index (χ0n) is 8.29. The van der Waals surface area contributed by atoms with Gasteiger partial charge in [-0.1, -0.05) is 6.92 Å². The minimum atomic E-state index is -2.38. The average Bonchev–Trinajstić information content (AvgIpc) is 2.14. The van der Waals surface area contributed by atoms with Gasteiger partial charge in [0.1, 0.15) is 0 Å². The highest BCUT2D eigenvalue weighted by molar-refractivity contribution is 6.60. The molecular formula is C7H19NO3Si. The SMILES string of the molecule is CO[Si](CC(C)CN)(OC)OC. The number of nitrogens with two attached hydrogens (primary N) is 1. The number of hydrogen-bond acceptors (Lipinski definition) is 4. The summed E-state index contributed by atoms with van der Waals surface area (Å²) in [7, 11) is 2.46. The highest BCUT2D eigenvalue weighted by Gasteiger charge is 2.38. The van der Waals surface area contributed by atoms with Gasteiger partial charge >= 0.3 is 8.80 Å². The first-order valence-electron chi connectivity index (χ1n) is 3.99. The van der Waals surface area contributed by atoms with Crippen LogP contribution in [0.5, 0.6) is 0 Å². The highest BCUT2D eigenvalue weighted by Crippen LogP contribution is 2.18. The summed E-state index contributed by atoms with van der Waals surface area (Å²) in [4.78, 5) is 0. The number of rotatable bonds is 6. The molecule has 0 aromatic rings. The Morgan fingerprint density at radius 2 is 1.58 bits per heavy atom. The van der Waals surface area contributed by atoms with Crippen molar-refractivity contribution in [1.29, 1.82) is 0 Å². The van der Waals surface area contributed by atoms with Crippen molar-refractivity contribution in [3.63, 3.8) is 0 Å². The van der Waals surface area contributed by atoms with Crippen LogP contribution in [-0.4, -0.2) is 36.7 Å². The molecule has 0 aromatic carbocycles. The largest absolute Gasteiger partial charge is 0.500 e. The van der Waals surface area contributed by atoms with E-state index in [0.29, 0.717) is 12.5 Å². The third kappa shape index (κ3) is 3.20. The van der Waals surface area contributed by atoms with Gasteiger partial charge in [-0.15, -0.1) is 0 Å². The second-order valence-electron chi connectivity index (χ2n) is 2.84. The molecule has 0 spiro atoms. The Hall–Kier alpha value is 0.0569. The van der Waals surface area contributed by atoms with Gasteiger partial charge in [-0.2, -0.15) is 0 Å². The van der Waals surface area contributed by atoms with Crippen molar-refractivity contribution in [3.8, 4) is 0 Å². The molecule has 1 atom stereocenters. The summed E-state index contributed by atoms with van der Waals surface area (Å²) in [6.07, 6.45) is 0. The van der Waals surface area contributed by atoms with E-state index in [1.165, 1.54) is 0 Å².